The summed E-state index contributed by atoms with van der Waals surface area (Å²) in [6, 6.07) is 5.64. The van der Waals surface area contributed by atoms with Crippen LogP contribution in [0.15, 0.2) is 46.6 Å². The number of carbonyl (C=O) groups is 1. The average molecular weight is 449 g/mol. The number of alkyl halides is 3. The molecule has 2 aromatic rings. The summed E-state index contributed by atoms with van der Waals surface area (Å²) in [5.41, 5.74) is 11.9. The molecule has 0 bridgehead atoms. The van der Waals surface area contributed by atoms with Gasteiger partial charge in [0.1, 0.15) is 30.5 Å². The minimum absolute atomic E-state index is 0. The van der Waals surface area contributed by atoms with Gasteiger partial charge in [0, 0.05) is 17.5 Å². The predicted octanol–water partition coefficient (Wildman–Crippen LogP) is 2.45. The van der Waals surface area contributed by atoms with Crippen LogP contribution in [-0.4, -0.2) is 46.6 Å². The summed E-state index contributed by atoms with van der Waals surface area (Å²) in [5, 5.41) is 7.07. The number of aromatic nitrogens is 2. The Morgan fingerprint density at radius 2 is 1.90 bits per heavy atom. The van der Waals surface area contributed by atoms with Gasteiger partial charge in [0.05, 0.1) is 0 Å². The molecule has 31 heavy (non-hydrogen) atoms. The van der Waals surface area contributed by atoms with Crippen LogP contribution in [0.1, 0.15) is 12.6 Å². The zero-order valence-corrected chi connectivity index (χ0v) is 16.1. The second-order valence-corrected chi connectivity index (χ2v) is 6.06. The van der Waals surface area contributed by atoms with Crippen molar-refractivity contribution in [1.29, 1.82) is 0 Å². The highest BCUT2D eigenvalue weighted by atomic mass is 19.4. The number of nitrogens with two attached hydrogens (primary N) is 2. The van der Waals surface area contributed by atoms with Gasteiger partial charge in [-0.25, -0.2) is 14.4 Å². The van der Waals surface area contributed by atoms with E-state index in [0.29, 0.717) is 5.69 Å². The van der Waals surface area contributed by atoms with Gasteiger partial charge >= 0.3 is 6.18 Å². The first-order valence-corrected chi connectivity index (χ1v) is 8.66. The van der Waals surface area contributed by atoms with Crippen LogP contribution < -0.4 is 27.4 Å². The number of aliphatic imine (C=N–C) groups is 2. The fourth-order valence-corrected chi connectivity index (χ4v) is 2.09. The first kappa shape index (κ1) is 23.3. The molecule has 0 aliphatic rings. The number of guanidine groups is 2. The minimum Gasteiger partial charge on any atom is -0.369 e. The molecule has 1 atom stereocenters. The van der Waals surface area contributed by atoms with E-state index in [2.05, 4.69) is 30.6 Å². The Balaban J connectivity index is -0.00000256. The van der Waals surface area contributed by atoms with Crippen molar-refractivity contribution in [2.45, 2.75) is 19.1 Å². The van der Waals surface area contributed by atoms with Crippen LogP contribution in [0.5, 0.6) is 0 Å². The van der Waals surface area contributed by atoms with E-state index in [1.165, 1.54) is 37.3 Å². The summed E-state index contributed by atoms with van der Waals surface area (Å²) in [6.45, 7) is -0.0870. The number of benzene rings is 1. The van der Waals surface area contributed by atoms with Crippen molar-refractivity contribution in [2.75, 3.05) is 17.2 Å². The second kappa shape index (κ2) is 10.2. The van der Waals surface area contributed by atoms with Crippen LogP contribution in [0.25, 0.3) is 0 Å². The van der Waals surface area contributed by atoms with E-state index < -0.39 is 30.5 Å². The van der Waals surface area contributed by atoms with Gasteiger partial charge in [0.15, 0.2) is 5.82 Å². The second-order valence-electron chi connectivity index (χ2n) is 6.06. The molecule has 174 valence electrons. The lowest BCUT2D eigenvalue weighted by Crippen LogP contribution is -2.42. The molecule has 0 aliphatic heterocycles. The zero-order chi connectivity index (χ0) is 23.0. The molecule has 7 N–H and O–H groups in total. The van der Waals surface area contributed by atoms with Crippen molar-refractivity contribution in [3.05, 3.63) is 42.5 Å². The number of hydrogen-bond donors (Lipinski definition) is 5. The summed E-state index contributed by atoms with van der Waals surface area (Å²) in [6.07, 6.45) is -3.41. The third kappa shape index (κ3) is 8.51. The molecule has 0 saturated carbocycles. The van der Waals surface area contributed by atoms with Crippen LogP contribution in [0, 0.1) is 5.82 Å². The van der Waals surface area contributed by atoms with Crippen molar-refractivity contribution in [2.24, 2.45) is 21.5 Å². The molecule has 1 amide bonds. The maximum Gasteiger partial charge on any atom is 0.405 e. The Morgan fingerprint density at radius 3 is 2.55 bits per heavy atom. The summed E-state index contributed by atoms with van der Waals surface area (Å²) in [4.78, 5) is 27.2. The van der Waals surface area contributed by atoms with Gasteiger partial charge in [-0.05, 0) is 31.2 Å². The number of nitrogens with one attached hydrogen (secondary N) is 3. The van der Waals surface area contributed by atoms with Gasteiger partial charge in [0.25, 0.3) is 0 Å². The van der Waals surface area contributed by atoms with Crippen LogP contribution in [0.3, 0.4) is 0 Å². The smallest absolute Gasteiger partial charge is 0.369 e. The van der Waals surface area contributed by atoms with E-state index in [4.69, 9.17) is 11.5 Å². The molecular formula is C17H27F4N9O. The molecule has 10 nitrogen and oxygen atoms in total. The summed E-state index contributed by atoms with van der Waals surface area (Å²) in [7, 11) is 0. The molecule has 0 spiro atoms. The van der Waals surface area contributed by atoms with Gasteiger partial charge < -0.3 is 27.4 Å². The zero-order valence-electron chi connectivity index (χ0n) is 16.1. The standard InChI is InChI=1S/C17H19F4N9O.4H2/c1-9(14(31)24-7-17(19,20)21)27-12-6-13(26-8-25-12)29-16(23)30-15(22)28-11-4-2-10(18)3-5-11;;;;/h2-6,8-9H,7H2,1H3,(H,24,31)(H6,22,23,25,26,27,28,29,30);4*1H/t9-;;;;/m0..../s1. The first-order chi connectivity index (χ1) is 14.5. The summed E-state index contributed by atoms with van der Waals surface area (Å²) < 4.78 is 49.5. The summed E-state index contributed by atoms with van der Waals surface area (Å²) >= 11 is 0. The highest BCUT2D eigenvalue weighted by Gasteiger charge is 2.28. The van der Waals surface area contributed by atoms with Crippen LogP contribution in [-0.2, 0) is 4.79 Å². The Hall–Kier alpha value is -3.97. The molecule has 0 fully saturated rings. The van der Waals surface area contributed by atoms with E-state index in [9.17, 15) is 22.4 Å². The van der Waals surface area contributed by atoms with Crippen molar-refractivity contribution in [3.8, 4) is 0 Å². The van der Waals surface area contributed by atoms with Gasteiger partial charge in [-0.2, -0.15) is 23.2 Å². The van der Waals surface area contributed by atoms with Crippen LogP contribution in [0.2, 0.25) is 0 Å². The molecule has 2 rings (SSSR count). The third-order valence-electron chi connectivity index (χ3n) is 3.45. The minimum atomic E-state index is -4.52. The van der Waals surface area contributed by atoms with E-state index in [0.717, 1.165) is 6.33 Å². The van der Waals surface area contributed by atoms with Gasteiger partial charge in [-0.3, -0.25) is 4.79 Å². The SMILES string of the molecule is C[C@H](Nc1cc(N=C(N)N=C(N)Nc2ccc(F)cc2)ncn1)C(=O)NCC(F)(F)F.[HH].[HH].[HH].[HH]. The highest BCUT2D eigenvalue weighted by Crippen LogP contribution is 2.14. The van der Waals surface area contributed by atoms with E-state index in [1.54, 1.807) is 5.32 Å². The van der Waals surface area contributed by atoms with Crippen molar-refractivity contribution < 1.29 is 28.1 Å². The number of amides is 1. The normalized spacial score (nSPS) is 13.5. The Labute approximate surface area is 179 Å². The van der Waals surface area contributed by atoms with E-state index >= 15 is 0 Å². The number of nitrogens with zero attached hydrogens (tertiary/aromatic N) is 4. The fourth-order valence-electron chi connectivity index (χ4n) is 2.09. The molecule has 0 aliphatic carbocycles. The largest absolute Gasteiger partial charge is 0.405 e. The molecular weight excluding hydrogens is 422 g/mol. The maximum absolute atomic E-state index is 12.9. The fraction of sp³-hybridized carbons (Fsp3) is 0.235. The highest BCUT2D eigenvalue weighted by molar-refractivity contribution is 6.01. The monoisotopic (exact) mass is 449 g/mol. The molecule has 1 aromatic heterocycles. The van der Waals surface area contributed by atoms with E-state index in [1.807, 2.05) is 0 Å². The quantitative estimate of drug-likeness (QED) is 0.258. The van der Waals surface area contributed by atoms with Gasteiger partial charge in [-0.1, -0.05) is 0 Å². The summed E-state index contributed by atoms with van der Waals surface area (Å²) in [5.74, 6) is -1.50. The van der Waals surface area contributed by atoms with Gasteiger partial charge in [-0.15, -0.1) is 0 Å². The maximum atomic E-state index is 12.9. The lowest BCUT2D eigenvalue weighted by Gasteiger charge is -2.15. The molecule has 0 radical (unpaired) electrons. The van der Waals surface area contributed by atoms with Gasteiger partial charge in [0.2, 0.25) is 17.8 Å². The molecule has 0 unspecified atom stereocenters. The number of anilines is 2. The Morgan fingerprint density at radius 1 is 1.23 bits per heavy atom. The van der Waals surface area contributed by atoms with Crippen molar-refractivity contribution >= 4 is 35.1 Å². The Kier molecular flexibility index (Phi) is 7.65. The Bertz CT molecular complexity index is 979. The number of rotatable bonds is 6. The molecule has 1 aromatic carbocycles. The van der Waals surface area contributed by atoms with Crippen molar-refractivity contribution in [3.63, 3.8) is 0 Å². The van der Waals surface area contributed by atoms with Crippen molar-refractivity contribution in [1.82, 2.24) is 15.3 Å². The first-order valence-electron chi connectivity index (χ1n) is 8.66. The number of carbonyl (C=O) groups excluding carboxylic acids is 1. The topological polar surface area (TPSA) is 156 Å². The lowest BCUT2D eigenvalue weighted by atomic mass is 10.3. The van der Waals surface area contributed by atoms with Crippen LogP contribution >= 0.6 is 0 Å². The average Bonchev–Trinajstić information content (AvgIpc) is 2.67. The molecule has 14 heteroatoms. The molecule has 1 heterocycles. The number of hydrogen-bond acceptors (Lipinski definition) is 5. The van der Waals surface area contributed by atoms with E-state index in [-0.39, 0.29) is 29.3 Å². The molecule has 0 saturated heterocycles. The lowest BCUT2D eigenvalue weighted by molar-refractivity contribution is -0.138. The third-order valence-corrected chi connectivity index (χ3v) is 3.45. The predicted molar refractivity (Wildman–Crippen MR) is 116 cm³/mol. The number of halogens is 4. The van der Waals surface area contributed by atoms with Crippen LogP contribution in [0.4, 0.5) is 34.9 Å².